The summed E-state index contributed by atoms with van der Waals surface area (Å²) in [7, 11) is -2.04. The van der Waals surface area contributed by atoms with Crippen molar-refractivity contribution < 1.29 is 13.3 Å². The van der Waals surface area contributed by atoms with Gasteiger partial charge in [-0.25, -0.2) is 13.1 Å². The Bertz CT molecular complexity index is 647. The Labute approximate surface area is 123 Å². The fourth-order valence-corrected chi connectivity index (χ4v) is 3.86. The molecule has 1 atom stereocenters. The van der Waals surface area contributed by atoms with E-state index < -0.39 is 20.6 Å². The van der Waals surface area contributed by atoms with Crippen molar-refractivity contribution in [1.29, 1.82) is 0 Å². The van der Waals surface area contributed by atoms with Gasteiger partial charge in [-0.2, -0.15) is 0 Å². The van der Waals surface area contributed by atoms with Crippen LogP contribution >= 0.6 is 0 Å². The quantitative estimate of drug-likeness (QED) is 0.476. The SMILES string of the molecule is CN1CCCC(NS(=O)(=O)c2ccc(N)cc2[N+](=O)[O-])C1. The van der Waals surface area contributed by atoms with E-state index in [-0.39, 0.29) is 16.6 Å². The minimum absolute atomic E-state index is 0.151. The summed E-state index contributed by atoms with van der Waals surface area (Å²) in [5.41, 5.74) is 5.13. The number of nitro groups is 1. The van der Waals surface area contributed by atoms with E-state index in [9.17, 15) is 18.5 Å². The maximum absolute atomic E-state index is 12.4. The number of rotatable bonds is 4. The highest BCUT2D eigenvalue weighted by Gasteiger charge is 2.29. The summed E-state index contributed by atoms with van der Waals surface area (Å²) in [4.78, 5) is 11.9. The molecule has 0 saturated carbocycles. The highest BCUT2D eigenvalue weighted by molar-refractivity contribution is 7.89. The number of nitrogen functional groups attached to an aromatic ring is 1. The molecule has 0 radical (unpaired) electrons. The van der Waals surface area contributed by atoms with Gasteiger partial charge in [-0.3, -0.25) is 10.1 Å². The van der Waals surface area contributed by atoms with Crippen molar-refractivity contribution in [3.63, 3.8) is 0 Å². The highest BCUT2D eigenvalue weighted by Crippen LogP contribution is 2.26. The van der Waals surface area contributed by atoms with Gasteiger partial charge < -0.3 is 10.6 Å². The first-order valence-electron chi connectivity index (χ1n) is 6.54. The Balaban J connectivity index is 2.29. The number of nitrogens with zero attached hydrogens (tertiary/aromatic N) is 2. The van der Waals surface area contributed by atoms with Gasteiger partial charge in [0.05, 0.1) is 4.92 Å². The lowest BCUT2D eigenvalue weighted by Gasteiger charge is -2.29. The van der Waals surface area contributed by atoms with Crippen LogP contribution in [0.1, 0.15) is 12.8 Å². The lowest BCUT2D eigenvalue weighted by Crippen LogP contribution is -2.46. The molecule has 0 aromatic heterocycles. The van der Waals surface area contributed by atoms with E-state index in [4.69, 9.17) is 5.73 Å². The molecule has 1 fully saturated rings. The van der Waals surface area contributed by atoms with Crippen molar-refractivity contribution in [1.82, 2.24) is 9.62 Å². The number of hydrogen-bond acceptors (Lipinski definition) is 6. The van der Waals surface area contributed by atoms with Crippen LogP contribution in [0.25, 0.3) is 0 Å². The summed E-state index contributed by atoms with van der Waals surface area (Å²) in [6, 6.07) is 3.32. The fraction of sp³-hybridized carbons (Fsp3) is 0.500. The Kier molecular flexibility index (Phi) is 4.45. The Hall–Kier alpha value is -1.71. The van der Waals surface area contributed by atoms with Crippen LogP contribution in [0.3, 0.4) is 0 Å². The van der Waals surface area contributed by atoms with Gasteiger partial charge >= 0.3 is 0 Å². The molecule has 0 spiro atoms. The second-order valence-electron chi connectivity index (χ2n) is 5.21. The molecule has 8 nitrogen and oxygen atoms in total. The molecule has 1 aromatic carbocycles. The van der Waals surface area contributed by atoms with Crippen LogP contribution in [-0.4, -0.2) is 44.4 Å². The molecule has 0 aliphatic carbocycles. The average Bonchev–Trinajstić information content (AvgIpc) is 2.37. The summed E-state index contributed by atoms with van der Waals surface area (Å²) in [6.07, 6.45) is 1.60. The molecule has 1 aromatic rings. The molecule has 9 heteroatoms. The van der Waals surface area contributed by atoms with Crippen molar-refractivity contribution >= 4 is 21.4 Å². The highest BCUT2D eigenvalue weighted by atomic mass is 32.2. The van der Waals surface area contributed by atoms with Gasteiger partial charge in [0, 0.05) is 24.3 Å². The topological polar surface area (TPSA) is 119 Å². The predicted octanol–water partition coefficient (Wildman–Crippen LogP) is 0.550. The number of anilines is 1. The van der Waals surface area contributed by atoms with Gasteiger partial charge in [-0.1, -0.05) is 0 Å². The molecule has 0 bridgehead atoms. The predicted molar refractivity (Wildman–Crippen MR) is 78.3 cm³/mol. The third kappa shape index (κ3) is 3.69. The molecule has 1 unspecified atom stereocenters. The number of likely N-dealkylation sites (tertiary alicyclic amines) is 1. The molecule has 21 heavy (non-hydrogen) atoms. The zero-order valence-corrected chi connectivity index (χ0v) is 12.5. The number of nitrogens with one attached hydrogen (secondary N) is 1. The first kappa shape index (κ1) is 15.7. The van der Waals surface area contributed by atoms with E-state index in [1.165, 1.54) is 12.1 Å². The van der Waals surface area contributed by atoms with Crippen LogP contribution < -0.4 is 10.5 Å². The molecule has 2 rings (SSSR count). The van der Waals surface area contributed by atoms with Crippen LogP contribution in [0.2, 0.25) is 0 Å². The summed E-state index contributed by atoms with van der Waals surface area (Å²) in [5.74, 6) is 0. The fourth-order valence-electron chi connectivity index (χ4n) is 2.45. The summed E-state index contributed by atoms with van der Waals surface area (Å²) in [6.45, 7) is 1.50. The van der Waals surface area contributed by atoms with Gasteiger partial charge in [0.25, 0.3) is 5.69 Å². The minimum atomic E-state index is -3.95. The molecule has 116 valence electrons. The number of piperidine rings is 1. The Morgan fingerprint density at radius 1 is 1.48 bits per heavy atom. The number of benzene rings is 1. The molecule has 1 aliphatic heterocycles. The van der Waals surface area contributed by atoms with Crippen LogP contribution in [0.5, 0.6) is 0 Å². The van der Waals surface area contributed by atoms with E-state index >= 15 is 0 Å². The van der Waals surface area contributed by atoms with Crippen molar-refractivity contribution in [3.8, 4) is 0 Å². The zero-order valence-electron chi connectivity index (χ0n) is 11.7. The number of likely N-dealkylation sites (N-methyl/N-ethyl adjacent to an activating group) is 1. The van der Waals surface area contributed by atoms with Gasteiger partial charge in [-0.15, -0.1) is 0 Å². The van der Waals surface area contributed by atoms with Crippen molar-refractivity contribution in [2.24, 2.45) is 0 Å². The van der Waals surface area contributed by atoms with Crippen LogP contribution in [0.4, 0.5) is 11.4 Å². The van der Waals surface area contributed by atoms with Crippen molar-refractivity contribution in [3.05, 3.63) is 28.3 Å². The third-order valence-corrected chi connectivity index (χ3v) is 4.98. The standard InChI is InChI=1S/C12H18N4O4S/c1-15-6-2-3-10(8-15)14-21(19,20)12-5-4-9(13)7-11(12)16(17)18/h4-5,7,10,14H,2-3,6,8,13H2,1H3. The Morgan fingerprint density at radius 2 is 2.19 bits per heavy atom. The third-order valence-electron chi connectivity index (χ3n) is 3.42. The maximum Gasteiger partial charge on any atom is 0.291 e. The first-order valence-corrected chi connectivity index (χ1v) is 8.03. The van der Waals surface area contributed by atoms with E-state index in [0.29, 0.717) is 13.0 Å². The summed E-state index contributed by atoms with van der Waals surface area (Å²) < 4.78 is 27.3. The van der Waals surface area contributed by atoms with E-state index in [1.54, 1.807) is 0 Å². The lowest BCUT2D eigenvalue weighted by molar-refractivity contribution is -0.387. The van der Waals surface area contributed by atoms with Crippen molar-refractivity contribution in [2.75, 3.05) is 25.9 Å². The minimum Gasteiger partial charge on any atom is -0.399 e. The first-order chi connectivity index (χ1) is 9.79. The molecular formula is C12H18N4O4S. The average molecular weight is 314 g/mol. The van der Waals surface area contributed by atoms with E-state index in [1.807, 2.05) is 11.9 Å². The largest absolute Gasteiger partial charge is 0.399 e. The van der Waals surface area contributed by atoms with E-state index in [0.717, 1.165) is 19.0 Å². The number of hydrogen-bond donors (Lipinski definition) is 2. The molecule has 1 saturated heterocycles. The van der Waals surface area contributed by atoms with Gasteiger partial charge in [0.15, 0.2) is 4.90 Å². The molecule has 1 aliphatic rings. The lowest BCUT2D eigenvalue weighted by atomic mass is 10.1. The molecule has 0 amide bonds. The number of nitrogens with two attached hydrogens (primary N) is 1. The summed E-state index contributed by atoms with van der Waals surface area (Å²) >= 11 is 0. The van der Waals surface area contributed by atoms with E-state index in [2.05, 4.69) is 4.72 Å². The molecular weight excluding hydrogens is 296 g/mol. The Morgan fingerprint density at radius 3 is 2.81 bits per heavy atom. The van der Waals surface area contributed by atoms with Gasteiger partial charge in [0.1, 0.15) is 0 Å². The van der Waals surface area contributed by atoms with Crippen LogP contribution in [0.15, 0.2) is 23.1 Å². The second kappa shape index (κ2) is 5.96. The number of sulfonamides is 1. The van der Waals surface area contributed by atoms with Gasteiger partial charge in [-0.05, 0) is 38.6 Å². The van der Waals surface area contributed by atoms with Gasteiger partial charge in [0.2, 0.25) is 10.0 Å². The zero-order chi connectivity index (χ0) is 15.6. The normalized spacial score (nSPS) is 20.3. The number of nitro benzene ring substituents is 1. The van der Waals surface area contributed by atoms with Crippen LogP contribution in [0, 0.1) is 10.1 Å². The van der Waals surface area contributed by atoms with Crippen molar-refractivity contribution in [2.45, 2.75) is 23.8 Å². The maximum atomic E-state index is 12.4. The smallest absolute Gasteiger partial charge is 0.291 e. The monoisotopic (exact) mass is 314 g/mol. The summed E-state index contributed by atoms with van der Waals surface area (Å²) in [5, 5.41) is 11.0. The van der Waals surface area contributed by atoms with Crippen LogP contribution in [-0.2, 0) is 10.0 Å². The molecule has 3 N–H and O–H groups in total. The second-order valence-corrected chi connectivity index (χ2v) is 6.89. The molecule has 1 heterocycles.